The number of benzene rings is 3. The van der Waals surface area contributed by atoms with Crippen molar-refractivity contribution in [1.29, 1.82) is 0 Å². The Kier molecular flexibility index (Phi) is 8.17. The molecule has 0 spiro atoms. The van der Waals surface area contributed by atoms with E-state index in [9.17, 15) is 9.59 Å². The van der Waals surface area contributed by atoms with Crippen LogP contribution in [0.4, 0.5) is 5.69 Å². The summed E-state index contributed by atoms with van der Waals surface area (Å²) in [5.74, 6) is -0.219. The number of rotatable bonds is 9. The van der Waals surface area contributed by atoms with E-state index in [1.807, 2.05) is 67.6 Å². The van der Waals surface area contributed by atoms with E-state index in [1.54, 1.807) is 22.9 Å². The van der Waals surface area contributed by atoms with Crippen LogP contribution in [0, 0.1) is 6.92 Å². The Morgan fingerprint density at radius 1 is 1.03 bits per heavy atom. The van der Waals surface area contributed by atoms with Gasteiger partial charge in [-0.1, -0.05) is 53.7 Å². The number of hydrazone groups is 1. The van der Waals surface area contributed by atoms with E-state index in [2.05, 4.69) is 34.3 Å². The number of aromatic nitrogens is 2. The van der Waals surface area contributed by atoms with Crippen LogP contribution in [0.1, 0.15) is 25.0 Å². The van der Waals surface area contributed by atoms with Gasteiger partial charge in [-0.3, -0.25) is 14.2 Å². The highest BCUT2D eigenvalue weighted by Gasteiger charge is 2.14. The summed E-state index contributed by atoms with van der Waals surface area (Å²) in [7, 11) is 0. The van der Waals surface area contributed by atoms with Crippen molar-refractivity contribution in [3.05, 3.63) is 94.3 Å². The van der Waals surface area contributed by atoms with Crippen LogP contribution < -0.4 is 15.9 Å². The second-order valence-corrected chi connectivity index (χ2v) is 9.18. The van der Waals surface area contributed by atoms with Gasteiger partial charge in [0.1, 0.15) is 0 Å². The van der Waals surface area contributed by atoms with Crippen LogP contribution in [0.25, 0.3) is 16.6 Å². The smallest absolute Gasteiger partial charge is 0.266 e. The van der Waals surface area contributed by atoms with E-state index in [1.165, 1.54) is 11.8 Å². The van der Waals surface area contributed by atoms with Crippen molar-refractivity contribution in [3.63, 3.8) is 0 Å². The third-order valence-corrected chi connectivity index (χ3v) is 6.73. The number of carbonyl (C=O) groups is 1. The molecule has 0 fully saturated rings. The molecule has 4 aromatic rings. The second-order valence-electron chi connectivity index (χ2n) is 8.23. The van der Waals surface area contributed by atoms with Crippen molar-refractivity contribution in [2.45, 2.75) is 25.9 Å². The largest absolute Gasteiger partial charge is 0.372 e. The van der Waals surface area contributed by atoms with Gasteiger partial charge in [0.2, 0.25) is 0 Å². The molecule has 0 atom stereocenters. The zero-order chi connectivity index (χ0) is 25.5. The van der Waals surface area contributed by atoms with Gasteiger partial charge in [-0.05, 0) is 62.7 Å². The first kappa shape index (κ1) is 25.2. The minimum Gasteiger partial charge on any atom is -0.372 e. The zero-order valence-corrected chi connectivity index (χ0v) is 21.5. The average Bonchev–Trinajstić information content (AvgIpc) is 2.90. The van der Waals surface area contributed by atoms with Crippen LogP contribution >= 0.6 is 11.8 Å². The number of para-hydroxylation sites is 1. The SMILES string of the molecule is CCN(CC)c1ccc(C=NNC(=O)CSc2nc3ccccc3c(=O)n2-c2ccc(C)cc2)cc1. The molecule has 0 saturated heterocycles. The molecule has 3 aromatic carbocycles. The first-order chi connectivity index (χ1) is 17.5. The van der Waals surface area contributed by atoms with Crippen LogP contribution in [0.15, 0.2) is 87.8 Å². The Hall–Kier alpha value is -3.91. The summed E-state index contributed by atoms with van der Waals surface area (Å²) < 4.78 is 1.56. The highest BCUT2D eigenvalue weighted by Crippen LogP contribution is 2.21. The van der Waals surface area contributed by atoms with E-state index in [4.69, 9.17) is 0 Å². The standard InChI is InChI=1S/C28H29N5O2S/c1-4-32(5-2)22-16-12-21(13-17-22)18-29-31-26(34)19-36-28-30-25-9-7-6-8-24(25)27(35)33(28)23-14-10-20(3)11-15-23/h6-18H,4-5,19H2,1-3H3,(H,31,34). The molecule has 0 aliphatic rings. The highest BCUT2D eigenvalue weighted by molar-refractivity contribution is 7.99. The summed E-state index contributed by atoms with van der Waals surface area (Å²) in [6, 6.07) is 22.9. The van der Waals surface area contributed by atoms with Crippen molar-refractivity contribution in [3.8, 4) is 5.69 Å². The molecule has 0 unspecified atom stereocenters. The van der Waals surface area contributed by atoms with Crippen LogP contribution in [0.5, 0.6) is 0 Å². The quantitative estimate of drug-likeness (QED) is 0.155. The lowest BCUT2D eigenvalue weighted by Crippen LogP contribution is -2.24. The Balaban J connectivity index is 1.47. The van der Waals surface area contributed by atoms with Gasteiger partial charge in [-0.2, -0.15) is 5.10 Å². The van der Waals surface area contributed by atoms with Crippen LogP contribution in [0.2, 0.25) is 0 Å². The normalized spacial score (nSPS) is 11.2. The minimum atomic E-state index is -0.283. The van der Waals surface area contributed by atoms with Gasteiger partial charge in [-0.25, -0.2) is 10.4 Å². The average molecular weight is 500 g/mol. The Bertz CT molecular complexity index is 1430. The summed E-state index contributed by atoms with van der Waals surface area (Å²) in [6.45, 7) is 8.13. The van der Waals surface area contributed by atoms with Gasteiger partial charge >= 0.3 is 0 Å². The molecule has 0 aliphatic carbocycles. The van der Waals surface area contributed by atoms with E-state index < -0.39 is 0 Å². The predicted octanol–water partition coefficient (Wildman–Crippen LogP) is 4.78. The topological polar surface area (TPSA) is 79.6 Å². The zero-order valence-electron chi connectivity index (χ0n) is 20.6. The number of hydrogen-bond donors (Lipinski definition) is 1. The van der Waals surface area contributed by atoms with Crippen LogP contribution in [0.3, 0.4) is 0 Å². The van der Waals surface area contributed by atoms with Crippen LogP contribution in [-0.4, -0.2) is 40.5 Å². The maximum Gasteiger partial charge on any atom is 0.266 e. The molecule has 8 heteroatoms. The molecule has 0 radical (unpaired) electrons. The van der Waals surface area contributed by atoms with Gasteiger partial charge in [-0.15, -0.1) is 0 Å². The maximum atomic E-state index is 13.3. The molecule has 0 saturated carbocycles. The Labute approximate surface area is 214 Å². The lowest BCUT2D eigenvalue weighted by molar-refractivity contribution is -0.118. The number of carbonyl (C=O) groups excluding carboxylic acids is 1. The van der Waals surface area contributed by atoms with Gasteiger partial charge < -0.3 is 4.90 Å². The molecular weight excluding hydrogens is 470 g/mol. The number of thioether (sulfide) groups is 1. The summed E-state index contributed by atoms with van der Waals surface area (Å²) in [6.07, 6.45) is 1.62. The lowest BCUT2D eigenvalue weighted by atomic mass is 10.2. The lowest BCUT2D eigenvalue weighted by Gasteiger charge is -2.20. The van der Waals surface area contributed by atoms with E-state index in [0.29, 0.717) is 21.7 Å². The molecule has 1 N–H and O–H groups in total. The third kappa shape index (κ3) is 5.83. The van der Waals surface area contributed by atoms with E-state index in [0.717, 1.165) is 29.9 Å². The maximum absolute atomic E-state index is 13.3. The summed E-state index contributed by atoms with van der Waals surface area (Å²) in [4.78, 5) is 32.7. The third-order valence-electron chi connectivity index (χ3n) is 5.79. The van der Waals surface area contributed by atoms with Gasteiger partial charge in [0.25, 0.3) is 11.5 Å². The summed E-state index contributed by atoms with van der Waals surface area (Å²) in [5.41, 5.74) is 6.84. The second kappa shape index (κ2) is 11.7. The molecule has 1 aromatic heterocycles. The number of anilines is 1. The summed E-state index contributed by atoms with van der Waals surface area (Å²) >= 11 is 1.20. The number of nitrogens with one attached hydrogen (secondary N) is 1. The van der Waals surface area contributed by atoms with Gasteiger partial charge in [0.15, 0.2) is 5.16 Å². The first-order valence-corrected chi connectivity index (χ1v) is 12.9. The number of nitrogens with zero attached hydrogens (tertiary/aromatic N) is 4. The minimum absolute atomic E-state index is 0.0644. The molecule has 4 rings (SSSR count). The van der Waals surface area contributed by atoms with Crippen molar-refractivity contribution < 1.29 is 4.79 Å². The van der Waals surface area contributed by atoms with Crippen molar-refractivity contribution >= 4 is 40.5 Å². The number of aryl methyl sites for hydroxylation is 1. The number of fused-ring (bicyclic) bond motifs is 1. The first-order valence-electron chi connectivity index (χ1n) is 11.9. The van der Waals surface area contributed by atoms with Gasteiger partial charge in [0.05, 0.1) is 28.6 Å². The van der Waals surface area contributed by atoms with Crippen molar-refractivity contribution in [1.82, 2.24) is 15.0 Å². The Morgan fingerprint density at radius 3 is 2.42 bits per heavy atom. The number of amides is 1. The Morgan fingerprint density at radius 2 is 1.72 bits per heavy atom. The number of hydrogen-bond acceptors (Lipinski definition) is 6. The van der Waals surface area contributed by atoms with Gasteiger partial charge in [0, 0.05) is 18.8 Å². The fourth-order valence-corrected chi connectivity index (χ4v) is 4.64. The molecule has 1 amide bonds. The van der Waals surface area contributed by atoms with E-state index in [-0.39, 0.29) is 17.2 Å². The monoisotopic (exact) mass is 499 g/mol. The fourth-order valence-electron chi connectivity index (χ4n) is 3.83. The molecular formula is C28H29N5O2S. The van der Waals surface area contributed by atoms with E-state index >= 15 is 0 Å². The molecule has 7 nitrogen and oxygen atoms in total. The molecule has 0 bridgehead atoms. The molecule has 36 heavy (non-hydrogen) atoms. The molecule has 1 heterocycles. The fraction of sp³-hybridized carbons (Fsp3) is 0.214. The van der Waals surface area contributed by atoms with Crippen molar-refractivity contribution in [2.24, 2.45) is 5.10 Å². The highest BCUT2D eigenvalue weighted by atomic mass is 32.2. The molecule has 184 valence electrons. The van der Waals surface area contributed by atoms with Crippen molar-refractivity contribution in [2.75, 3.05) is 23.7 Å². The predicted molar refractivity (Wildman–Crippen MR) is 149 cm³/mol. The molecule has 0 aliphatic heterocycles. The summed E-state index contributed by atoms with van der Waals surface area (Å²) in [5, 5.41) is 5.07. The van der Waals surface area contributed by atoms with Crippen LogP contribution in [-0.2, 0) is 4.79 Å².